The molecule has 0 aliphatic rings. The molecule has 0 heterocycles. The van der Waals surface area contributed by atoms with Gasteiger partial charge in [-0.1, -0.05) is 62.6 Å². The first-order valence-corrected chi connectivity index (χ1v) is 11.3. The fraction of sp³-hybridized carbons (Fsp3) is 0.385. The third kappa shape index (κ3) is 7.16. The molecule has 1 unspecified atom stereocenters. The molecule has 2 amide bonds. The summed E-state index contributed by atoms with van der Waals surface area (Å²) in [6, 6.07) is 15.6. The maximum atomic E-state index is 13.1. The first-order chi connectivity index (χ1) is 16.4. The van der Waals surface area contributed by atoms with Crippen LogP contribution >= 0.6 is 0 Å². The zero-order valence-corrected chi connectivity index (χ0v) is 19.8. The molecule has 0 fully saturated rings. The van der Waals surface area contributed by atoms with Gasteiger partial charge in [0, 0.05) is 17.5 Å². The van der Waals surface area contributed by atoms with Gasteiger partial charge in [-0.2, -0.15) is 0 Å². The summed E-state index contributed by atoms with van der Waals surface area (Å²) >= 11 is 0. The van der Waals surface area contributed by atoms with Crippen molar-refractivity contribution >= 4 is 23.8 Å². The molecular formula is C26H32N2O6. The molecule has 2 atom stereocenters. The van der Waals surface area contributed by atoms with Crippen LogP contribution in [-0.2, 0) is 19.1 Å². The highest BCUT2D eigenvalue weighted by atomic mass is 16.5. The highest BCUT2D eigenvalue weighted by Crippen LogP contribution is 2.25. The zero-order chi connectivity index (χ0) is 25.0. The molecule has 2 aromatic rings. The van der Waals surface area contributed by atoms with E-state index in [-0.39, 0.29) is 12.8 Å². The summed E-state index contributed by atoms with van der Waals surface area (Å²) in [7, 11) is 2.42. The molecule has 182 valence electrons. The van der Waals surface area contributed by atoms with E-state index in [2.05, 4.69) is 10.6 Å². The predicted octanol–water partition coefficient (Wildman–Crippen LogP) is 3.27. The minimum atomic E-state index is -1.56. The van der Waals surface area contributed by atoms with Crippen molar-refractivity contribution in [1.82, 2.24) is 10.6 Å². The number of ether oxygens (including phenoxy) is 2. The summed E-state index contributed by atoms with van der Waals surface area (Å²) in [6.07, 6.45) is 2.28. The second-order valence-corrected chi connectivity index (χ2v) is 7.97. The van der Waals surface area contributed by atoms with Crippen LogP contribution in [0.25, 0.3) is 0 Å². The van der Waals surface area contributed by atoms with Crippen molar-refractivity contribution in [3.63, 3.8) is 0 Å². The first-order valence-electron chi connectivity index (χ1n) is 11.3. The van der Waals surface area contributed by atoms with Crippen LogP contribution in [0, 0.1) is 0 Å². The number of benzene rings is 2. The smallest absolute Gasteiger partial charge is 0.331 e. The molecule has 0 saturated heterocycles. The highest BCUT2D eigenvalue weighted by Gasteiger charge is 2.45. The van der Waals surface area contributed by atoms with Gasteiger partial charge in [0.15, 0.2) is 0 Å². The van der Waals surface area contributed by atoms with E-state index >= 15 is 0 Å². The Balaban J connectivity index is 2.41. The molecule has 0 radical (unpaired) electrons. The van der Waals surface area contributed by atoms with Crippen LogP contribution in [0.15, 0.2) is 60.7 Å². The number of rotatable bonds is 12. The molecule has 8 nitrogen and oxygen atoms in total. The Labute approximate surface area is 200 Å². The van der Waals surface area contributed by atoms with E-state index in [0.717, 1.165) is 12.8 Å². The van der Waals surface area contributed by atoms with Gasteiger partial charge in [0.05, 0.1) is 14.2 Å². The summed E-state index contributed by atoms with van der Waals surface area (Å²) in [5.74, 6) is -2.42. The van der Waals surface area contributed by atoms with E-state index in [1.807, 2.05) is 6.92 Å². The quantitative estimate of drug-likeness (QED) is 0.365. The Hall–Kier alpha value is -3.68. The molecule has 2 aromatic carbocycles. The summed E-state index contributed by atoms with van der Waals surface area (Å²) in [5, 5.41) is 5.46. The van der Waals surface area contributed by atoms with Gasteiger partial charge < -0.3 is 20.1 Å². The van der Waals surface area contributed by atoms with E-state index in [1.54, 1.807) is 60.7 Å². The van der Waals surface area contributed by atoms with Gasteiger partial charge in [-0.05, 0) is 30.7 Å². The highest BCUT2D eigenvalue weighted by molar-refractivity contribution is 5.99. The number of unbranched alkanes of at least 4 members (excludes halogenated alkanes) is 2. The van der Waals surface area contributed by atoms with E-state index in [9.17, 15) is 19.2 Å². The molecule has 2 N–H and O–H groups in total. The standard InChI is InChI=1S/C26H32N2O6/c1-4-5-12-17-26(25(32)34-3,28-23(30)20-15-10-7-11-16-20)18-21(24(31)33-2)27-22(29)19-13-8-6-9-14-19/h6-11,13-16,21H,4-5,12,17-18H2,1-3H3,(H,27,29)(H,28,30)/t21?,26-/m0/s1. The van der Waals surface area contributed by atoms with Crippen molar-refractivity contribution in [2.24, 2.45) is 0 Å². The first kappa shape index (κ1) is 26.6. The van der Waals surface area contributed by atoms with Crippen molar-refractivity contribution in [2.45, 2.75) is 50.6 Å². The van der Waals surface area contributed by atoms with E-state index in [0.29, 0.717) is 17.5 Å². The van der Waals surface area contributed by atoms with Gasteiger partial charge in [0.25, 0.3) is 11.8 Å². The number of esters is 2. The molecule has 8 heteroatoms. The Bertz CT molecular complexity index is 964. The lowest BCUT2D eigenvalue weighted by Gasteiger charge is -2.34. The zero-order valence-electron chi connectivity index (χ0n) is 19.8. The summed E-state index contributed by atoms with van der Waals surface area (Å²) in [5.41, 5.74) is -0.853. The van der Waals surface area contributed by atoms with Crippen molar-refractivity contribution in [3.05, 3.63) is 71.8 Å². The molecular weight excluding hydrogens is 436 g/mol. The second kappa shape index (κ2) is 13.1. The van der Waals surface area contributed by atoms with Crippen molar-refractivity contribution in [2.75, 3.05) is 14.2 Å². The Morgan fingerprint density at radius 1 is 0.824 bits per heavy atom. The Morgan fingerprint density at radius 2 is 1.38 bits per heavy atom. The lowest BCUT2D eigenvalue weighted by Crippen LogP contribution is -2.59. The number of amides is 2. The number of methoxy groups -OCH3 is 2. The van der Waals surface area contributed by atoms with E-state index in [4.69, 9.17) is 9.47 Å². The van der Waals surface area contributed by atoms with Gasteiger partial charge in [-0.15, -0.1) is 0 Å². The third-order valence-electron chi connectivity index (χ3n) is 5.55. The molecule has 34 heavy (non-hydrogen) atoms. The van der Waals surface area contributed by atoms with Crippen molar-refractivity contribution < 1.29 is 28.7 Å². The van der Waals surface area contributed by atoms with E-state index in [1.165, 1.54) is 14.2 Å². The fourth-order valence-corrected chi connectivity index (χ4v) is 3.72. The summed E-state index contributed by atoms with van der Waals surface area (Å²) < 4.78 is 9.97. The number of nitrogens with one attached hydrogen (secondary N) is 2. The van der Waals surface area contributed by atoms with Crippen LogP contribution < -0.4 is 10.6 Å². The van der Waals surface area contributed by atoms with Gasteiger partial charge in [0.1, 0.15) is 11.6 Å². The summed E-state index contributed by atoms with van der Waals surface area (Å²) in [6.45, 7) is 2.01. The fourth-order valence-electron chi connectivity index (χ4n) is 3.72. The molecule has 0 aliphatic carbocycles. The largest absolute Gasteiger partial charge is 0.467 e. The monoisotopic (exact) mass is 468 g/mol. The molecule has 0 spiro atoms. The lowest BCUT2D eigenvalue weighted by atomic mass is 9.84. The molecule has 0 bridgehead atoms. The minimum Gasteiger partial charge on any atom is -0.467 e. The van der Waals surface area contributed by atoms with Gasteiger partial charge in [-0.25, -0.2) is 9.59 Å². The maximum Gasteiger partial charge on any atom is 0.331 e. The molecule has 2 rings (SSSR count). The van der Waals surface area contributed by atoms with Crippen LogP contribution in [0.4, 0.5) is 0 Å². The predicted molar refractivity (Wildman–Crippen MR) is 127 cm³/mol. The maximum absolute atomic E-state index is 13.1. The molecule has 0 aromatic heterocycles. The average Bonchev–Trinajstić information content (AvgIpc) is 2.88. The van der Waals surface area contributed by atoms with Crippen molar-refractivity contribution in [1.29, 1.82) is 0 Å². The molecule has 0 saturated carbocycles. The van der Waals surface area contributed by atoms with Crippen LogP contribution in [0.1, 0.15) is 59.7 Å². The van der Waals surface area contributed by atoms with E-state index < -0.39 is 35.3 Å². The van der Waals surface area contributed by atoms with Crippen LogP contribution in [0.2, 0.25) is 0 Å². The van der Waals surface area contributed by atoms with Crippen LogP contribution in [0.3, 0.4) is 0 Å². The number of carbonyl (C=O) groups excluding carboxylic acids is 4. The third-order valence-corrected chi connectivity index (χ3v) is 5.55. The number of hydrogen-bond donors (Lipinski definition) is 2. The van der Waals surface area contributed by atoms with Gasteiger partial charge in [-0.3, -0.25) is 9.59 Å². The number of carbonyl (C=O) groups is 4. The van der Waals surface area contributed by atoms with Crippen LogP contribution in [0.5, 0.6) is 0 Å². The van der Waals surface area contributed by atoms with Gasteiger partial charge >= 0.3 is 11.9 Å². The molecule has 0 aliphatic heterocycles. The Kier molecular flexibility index (Phi) is 10.3. The topological polar surface area (TPSA) is 111 Å². The van der Waals surface area contributed by atoms with Crippen LogP contribution in [-0.4, -0.2) is 49.6 Å². The SMILES string of the molecule is CCCCC[C@@](CC(NC(=O)c1ccccc1)C(=O)OC)(NC(=O)c1ccccc1)C(=O)OC. The average molecular weight is 469 g/mol. The minimum absolute atomic E-state index is 0.223. The van der Waals surface area contributed by atoms with Crippen molar-refractivity contribution in [3.8, 4) is 0 Å². The normalized spacial score (nSPS) is 13.1. The number of hydrogen-bond acceptors (Lipinski definition) is 6. The lowest BCUT2D eigenvalue weighted by molar-refractivity contribution is -0.151. The second-order valence-electron chi connectivity index (χ2n) is 7.97. The Morgan fingerprint density at radius 3 is 1.88 bits per heavy atom. The summed E-state index contributed by atoms with van der Waals surface area (Å²) in [4.78, 5) is 51.6. The van der Waals surface area contributed by atoms with Gasteiger partial charge in [0.2, 0.25) is 0 Å².